The molecule has 2 aromatic heterocycles. The highest BCUT2D eigenvalue weighted by Gasteiger charge is 2.35. The van der Waals surface area contributed by atoms with Crippen molar-refractivity contribution in [1.29, 1.82) is 0 Å². The van der Waals surface area contributed by atoms with E-state index in [-0.39, 0.29) is 36.3 Å². The first-order chi connectivity index (χ1) is 16.6. The van der Waals surface area contributed by atoms with Gasteiger partial charge >= 0.3 is 0 Å². The predicted molar refractivity (Wildman–Crippen MR) is 121 cm³/mol. The number of aliphatic hydroxyl groups is 2. The van der Waals surface area contributed by atoms with Gasteiger partial charge in [0, 0.05) is 32.0 Å². The van der Waals surface area contributed by atoms with Crippen molar-refractivity contribution in [2.45, 2.75) is 28.4 Å². The van der Waals surface area contributed by atoms with Gasteiger partial charge in [0.05, 0.1) is 30.0 Å². The Hall–Kier alpha value is -3.00. The highest BCUT2D eigenvalue weighted by Crippen LogP contribution is 2.42. The number of sulfonamides is 2. The highest BCUT2D eigenvalue weighted by atomic mass is 32.2. The molecule has 1 aromatic carbocycles. The van der Waals surface area contributed by atoms with Crippen LogP contribution >= 0.6 is 0 Å². The second-order valence-corrected chi connectivity index (χ2v) is 11.0. The van der Waals surface area contributed by atoms with Gasteiger partial charge in [-0.2, -0.15) is 5.21 Å². The zero-order chi connectivity index (χ0) is 25.4. The quantitative estimate of drug-likeness (QED) is 0.167. The van der Waals surface area contributed by atoms with E-state index >= 15 is 0 Å². The summed E-state index contributed by atoms with van der Waals surface area (Å²) < 4.78 is 55.6. The molecule has 0 radical (unpaired) electrons. The lowest BCUT2D eigenvalue weighted by Crippen LogP contribution is -2.37. The Morgan fingerprint density at radius 1 is 1.29 bits per heavy atom. The van der Waals surface area contributed by atoms with Crippen LogP contribution in [0.3, 0.4) is 0 Å². The number of fused-ring (bicyclic) bond motifs is 1. The molecule has 0 amide bonds. The van der Waals surface area contributed by atoms with Gasteiger partial charge in [0.25, 0.3) is 0 Å². The molecule has 18 heteroatoms. The van der Waals surface area contributed by atoms with Gasteiger partial charge in [-0.15, -0.1) is 10.2 Å². The first kappa shape index (κ1) is 25.1. The number of hydrogen-bond donors (Lipinski definition) is 6. The number of rotatable bonds is 9. The monoisotopic (exact) mass is 528 g/mol. The van der Waals surface area contributed by atoms with Crippen molar-refractivity contribution in [3.8, 4) is 11.4 Å². The Morgan fingerprint density at radius 3 is 2.69 bits per heavy atom. The fourth-order valence-electron chi connectivity index (χ4n) is 3.85. The Labute approximate surface area is 200 Å². The SMILES string of the molecule is NC[C@@H](O)CNS(=O)(=O)c1ccc(N2CCC(CO)n3ccnc32)c(-c2nn[nH]n2)c1S(N)(=O)=O. The molecule has 0 aliphatic carbocycles. The van der Waals surface area contributed by atoms with Gasteiger partial charge in [0.15, 0.2) is 0 Å². The summed E-state index contributed by atoms with van der Waals surface area (Å²) in [6, 6.07) is 2.22. The number of nitrogens with zero attached hydrogens (tertiary/aromatic N) is 6. The molecule has 16 nitrogen and oxygen atoms in total. The minimum Gasteiger partial charge on any atom is -0.394 e. The number of nitrogens with one attached hydrogen (secondary N) is 2. The van der Waals surface area contributed by atoms with Gasteiger partial charge in [-0.05, 0) is 23.8 Å². The normalized spacial score (nSPS) is 17.4. The minimum atomic E-state index is -4.68. The summed E-state index contributed by atoms with van der Waals surface area (Å²) in [7, 11) is -9.17. The van der Waals surface area contributed by atoms with E-state index in [1.165, 1.54) is 12.3 Å². The summed E-state index contributed by atoms with van der Waals surface area (Å²) in [6.45, 7) is -0.485. The summed E-state index contributed by atoms with van der Waals surface area (Å²) in [5.74, 6) is 0.172. The summed E-state index contributed by atoms with van der Waals surface area (Å²) in [6.07, 6.45) is 2.48. The lowest BCUT2D eigenvalue weighted by molar-refractivity contribution is 0.186. The fraction of sp³-hybridized carbons (Fsp3) is 0.412. The number of aliphatic hydroxyl groups excluding tert-OH is 2. The maximum absolute atomic E-state index is 13.1. The Morgan fingerprint density at radius 2 is 2.06 bits per heavy atom. The molecule has 1 unspecified atom stereocenters. The highest BCUT2D eigenvalue weighted by molar-refractivity contribution is 7.92. The first-order valence-corrected chi connectivity index (χ1v) is 13.3. The van der Waals surface area contributed by atoms with Crippen molar-refractivity contribution in [2.75, 3.05) is 31.1 Å². The van der Waals surface area contributed by atoms with E-state index in [0.717, 1.165) is 6.07 Å². The predicted octanol–water partition coefficient (Wildman–Crippen LogP) is -2.62. The summed E-state index contributed by atoms with van der Waals surface area (Å²) >= 11 is 0. The van der Waals surface area contributed by atoms with Crippen molar-refractivity contribution >= 4 is 31.7 Å². The van der Waals surface area contributed by atoms with E-state index in [0.29, 0.717) is 18.9 Å². The summed E-state index contributed by atoms with van der Waals surface area (Å²) in [4.78, 5) is 4.55. The van der Waals surface area contributed by atoms with Crippen molar-refractivity contribution in [3.63, 3.8) is 0 Å². The molecule has 3 aromatic rings. The van der Waals surface area contributed by atoms with E-state index in [2.05, 4.69) is 30.3 Å². The molecular weight excluding hydrogens is 504 g/mol. The van der Waals surface area contributed by atoms with E-state index in [4.69, 9.17) is 10.9 Å². The number of aromatic amines is 1. The van der Waals surface area contributed by atoms with Crippen molar-refractivity contribution in [1.82, 2.24) is 34.9 Å². The number of aromatic nitrogens is 6. The fourth-order valence-corrected chi connectivity index (χ4v) is 6.51. The number of nitrogens with two attached hydrogens (primary N) is 2. The molecule has 2 atom stereocenters. The number of anilines is 2. The Kier molecular flexibility index (Phi) is 6.86. The van der Waals surface area contributed by atoms with Crippen LogP contribution in [-0.2, 0) is 20.0 Å². The number of primary sulfonamides is 1. The third kappa shape index (κ3) is 4.76. The van der Waals surface area contributed by atoms with Crippen LogP contribution in [0.2, 0.25) is 0 Å². The molecule has 1 aliphatic rings. The van der Waals surface area contributed by atoms with Crippen LogP contribution in [-0.4, -0.2) is 89.6 Å². The summed E-state index contributed by atoms with van der Waals surface area (Å²) in [5.41, 5.74) is 5.32. The van der Waals surface area contributed by atoms with Crippen LogP contribution in [0, 0.1) is 0 Å². The molecule has 1 aliphatic heterocycles. The molecular formula is C17H24N10O6S2. The zero-order valence-electron chi connectivity index (χ0n) is 18.2. The lowest BCUT2D eigenvalue weighted by Gasteiger charge is -2.34. The van der Waals surface area contributed by atoms with E-state index < -0.39 is 42.5 Å². The van der Waals surface area contributed by atoms with Crippen LogP contribution in [0.5, 0.6) is 0 Å². The molecule has 0 fully saturated rings. The zero-order valence-corrected chi connectivity index (χ0v) is 19.8. The molecule has 0 bridgehead atoms. The Bertz CT molecular complexity index is 1410. The molecule has 35 heavy (non-hydrogen) atoms. The molecule has 3 heterocycles. The third-order valence-electron chi connectivity index (χ3n) is 5.49. The maximum atomic E-state index is 13.1. The van der Waals surface area contributed by atoms with Gasteiger partial charge in [-0.1, -0.05) is 0 Å². The number of hydrogen-bond acceptors (Lipinski definition) is 12. The van der Waals surface area contributed by atoms with E-state index in [1.807, 2.05) is 0 Å². The van der Waals surface area contributed by atoms with Crippen molar-refractivity contribution in [2.24, 2.45) is 10.9 Å². The van der Waals surface area contributed by atoms with Gasteiger partial charge < -0.3 is 25.4 Å². The number of tetrazole rings is 1. The topological polar surface area (TPSA) is 248 Å². The van der Waals surface area contributed by atoms with Crippen molar-refractivity contribution < 1.29 is 27.0 Å². The van der Waals surface area contributed by atoms with Crippen LogP contribution in [0.25, 0.3) is 11.4 Å². The molecule has 8 N–H and O–H groups in total. The second-order valence-electron chi connectivity index (χ2n) is 7.72. The average molecular weight is 529 g/mol. The van der Waals surface area contributed by atoms with Gasteiger partial charge in [0.1, 0.15) is 9.79 Å². The number of benzene rings is 1. The van der Waals surface area contributed by atoms with Gasteiger partial charge in [0.2, 0.25) is 31.8 Å². The standard InChI is InChI=1S/C17H24N10O6S2/c18-7-11(29)8-21-35(32,33)13-2-1-12(14(15(13)34(19,30)31)16-22-24-25-23-16)27-5-3-10(9-28)26-6-4-20-17(26)27/h1-2,4,6,10-11,21,28-29H,3,5,7-9,18H2,(H2,19,30,31)(H,22,23,24,25)/t10?,11-/m1/s1. The molecule has 0 saturated heterocycles. The smallest absolute Gasteiger partial charge is 0.242 e. The second kappa shape index (κ2) is 9.57. The lowest BCUT2D eigenvalue weighted by atomic mass is 10.1. The van der Waals surface area contributed by atoms with E-state index in [9.17, 15) is 27.0 Å². The molecule has 4 rings (SSSR count). The van der Waals surface area contributed by atoms with E-state index in [1.54, 1.807) is 15.7 Å². The first-order valence-electron chi connectivity index (χ1n) is 10.3. The van der Waals surface area contributed by atoms with Gasteiger partial charge in [-0.3, -0.25) is 0 Å². The van der Waals surface area contributed by atoms with Crippen LogP contribution in [0.15, 0.2) is 34.3 Å². The maximum Gasteiger partial charge on any atom is 0.242 e. The molecule has 0 spiro atoms. The molecule has 190 valence electrons. The average Bonchev–Trinajstić information content (AvgIpc) is 3.53. The van der Waals surface area contributed by atoms with Crippen LogP contribution in [0.4, 0.5) is 11.6 Å². The third-order valence-corrected chi connectivity index (χ3v) is 8.08. The van der Waals surface area contributed by atoms with Crippen LogP contribution < -0.4 is 20.5 Å². The van der Waals surface area contributed by atoms with Gasteiger partial charge in [-0.25, -0.2) is 31.7 Å². The Balaban J connectivity index is 1.96. The van der Waals surface area contributed by atoms with Crippen molar-refractivity contribution in [3.05, 3.63) is 24.5 Å². The number of imidazole rings is 1. The minimum absolute atomic E-state index is 0.130. The largest absolute Gasteiger partial charge is 0.394 e. The summed E-state index contributed by atoms with van der Waals surface area (Å²) in [5, 5.41) is 38.3. The van der Waals surface area contributed by atoms with Crippen LogP contribution in [0.1, 0.15) is 12.5 Å². The number of H-pyrrole nitrogens is 1. The molecule has 0 saturated carbocycles.